The Morgan fingerprint density at radius 3 is 0.889 bits per heavy atom. The van der Waals surface area contributed by atoms with Crippen molar-refractivity contribution < 1.29 is 20.6 Å². The first-order chi connectivity index (χ1) is 16.2. The third-order valence-corrected chi connectivity index (χ3v) is 24.0. The molecule has 0 radical (unpaired) electrons. The minimum Gasteiger partial charge on any atom is -0.458 e. The van der Waals surface area contributed by atoms with E-state index in [1.807, 2.05) is 6.66 Å². The van der Waals surface area contributed by atoms with Gasteiger partial charge in [0, 0.05) is 0 Å². The molecule has 0 aliphatic carbocycles. The smallest absolute Gasteiger partial charge is 0.310 e. The summed E-state index contributed by atoms with van der Waals surface area (Å²) in [5.41, 5.74) is 0. The molecule has 0 N–H and O–H groups in total. The molecule has 0 heterocycles. The second-order valence-corrected chi connectivity index (χ2v) is 41.3. The fourth-order valence-corrected chi connectivity index (χ4v) is 26.9. The van der Waals surface area contributed by atoms with Gasteiger partial charge in [0.25, 0.3) is 9.28 Å². The fraction of sp³-hybridized carbons (Fsp3) is 1.00. The second kappa shape index (κ2) is 25.3. The summed E-state index contributed by atoms with van der Waals surface area (Å²) in [6.07, 6.45) is 0. The molecular formula is C19H62O5P2S2Si8. The van der Waals surface area contributed by atoms with E-state index in [1.165, 1.54) is 0 Å². The molecule has 5 nitrogen and oxygen atoms in total. The van der Waals surface area contributed by atoms with Gasteiger partial charge in [0.05, 0.1) is 0 Å². The Balaban J connectivity index is -0.000000126. The molecule has 0 aliphatic heterocycles. The van der Waals surface area contributed by atoms with Gasteiger partial charge in [-0.15, -0.1) is 0 Å². The van der Waals surface area contributed by atoms with Gasteiger partial charge in [0.2, 0.25) is 0 Å². The van der Waals surface area contributed by atoms with Gasteiger partial charge in [0.15, 0.2) is 52.1 Å². The predicted octanol–water partition coefficient (Wildman–Crippen LogP) is 7.66. The molecule has 0 aromatic rings. The lowest BCUT2D eigenvalue weighted by Gasteiger charge is -2.28. The molecule has 0 saturated carbocycles. The van der Waals surface area contributed by atoms with Gasteiger partial charge in [-0.05, 0) is 140 Å². The molecule has 0 aromatic heterocycles. The van der Waals surface area contributed by atoms with Crippen molar-refractivity contribution >= 4 is 109 Å². The van der Waals surface area contributed by atoms with Gasteiger partial charge in [-0.1, -0.05) is 23.6 Å². The van der Waals surface area contributed by atoms with Gasteiger partial charge < -0.3 is 20.6 Å². The molecule has 17 heteroatoms. The van der Waals surface area contributed by atoms with E-state index >= 15 is 0 Å². The van der Waals surface area contributed by atoms with Crippen molar-refractivity contribution in [3.8, 4) is 0 Å². The first kappa shape index (κ1) is 45.6. The van der Waals surface area contributed by atoms with E-state index in [1.54, 1.807) is 0 Å². The average Bonchev–Trinajstić information content (AvgIpc) is 2.48. The van der Waals surface area contributed by atoms with Crippen LogP contribution in [0.25, 0.3) is 0 Å². The summed E-state index contributed by atoms with van der Waals surface area (Å²) >= 11 is 8.40. The second-order valence-electron chi connectivity index (χ2n) is 12.2. The van der Waals surface area contributed by atoms with Crippen LogP contribution in [-0.2, 0) is 44.2 Å². The third-order valence-electron chi connectivity index (χ3n) is 2.67. The molecule has 0 rings (SSSR count). The normalized spacial score (nSPS) is 12.7. The molecule has 0 aliphatic rings. The van der Waals surface area contributed by atoms with Gasteiger partial charge in [-0.25, -0.2) is 0 Å². The highest BCUT2D eigenvalue weighted by atomic mass is 32.4. The zero-order valence-corrected chi connectivity index (χ0v) is 39.1. The van der Waals surface area contributed by atoms with Crippen LogP contribution in [0.1, 0.15) is 0 Å². The van der Waals surface area contributed by atoms with Gasteiger partial charge in [-0.2, -0.15) is 0 Å². The molecule has 222 valence electrons. The van der Waals surface area contributed by atoms with Crippen LogP contribution in [0.2, 0.25) is 118 Å². The Labute approximate surface area is 253 Å². The Hall–Kier alpha value is 2.58. The van der Waals surface area contributed by atoms with Gasteiger partial charge in [0.1, 0.15) is 1.28 Å². The first-order valence-corrected chi connectivity index (χ1v) is 39.8. The van der Waals surface area contributed by atoms with Crippen LogP contribution in [0.5, 0.6) is 0 Å². The summed E-state index contributed by atoms with van der Waals surface area (Å²) in [6.45, 7) is 41.5. The van der Waals surface area contributed by atoms with E-state index in [-0.39, 0.29) is 7.96 Å². The number of hydrogen-bond donors (Lipinski definition) is 0. The quantitative estimate of drug-likeness (QED) is 0.170. The van der Waals surface area contributed by atoms with Crippen molar-refractivity contribution in [2.75, 3.05) is 6.66 Å². The third kappa shape index (κ3) is 60.9. The maximum atomic E-state index is 6.00. The van der Waals surface area contributed by atoms with Crippen molar-refractivity contribution in [2.45, 2.75) is 118 Å². The van der Waals surface area contributed by atoms with E-state index < -0.39 is 69.9 Å². The maximum Gasteiger partial charge on any atom is 0.310 e. The van der Waals surface area contributed by atoms with Crippen LogP contribution in [0.4, 0.5) is 0 Å². The molecule has 0 bridgehead atoms. The van der Waals surface area contributed by atoms with Crippen molar-refractivity contribution in [1.29, 1.82) is 1.28 Å². The zero-order valence-electron chi connectivity index (χ0n) is 28.1. The molecule has 36 heavy (non-hydrogen) atoms. The monoisotopic (exact) mass is 721 g/mol. The maximum absolute atomic E-state index is 6.00. The van der Waals surface area contributed by atoms with Gasteiger partial charge in [-0.3, -0.25) is 0 Å². The molecular weight excluding hydrogens is 659 g/mol. The highest BCUT2D eigenvalue weighted by Gasteiger charge is 2.26. The van der Waals surface area contributed by atoms with Crippen LogP contribution in [0.15, 0.2) is 0 Å². The summed E-state index contributed by atoms with van der Waals surface area (Å²) in [7, 11) is -8.19. The van der Waals surface area contributed by atoms with E-state index in [2.05, 4.69) is 141 Å². The van der Waals surface area contributed by atoms with Crippen molar-refractivity contribution in [1.82, 2.24) is 0 Å². The Bertz CT molecular complexity index is 518. The van der Waals surface area contributed by atoms with E-state index in [0.29, 0.717) is 0 Å². The Morgan fingerprint density at radius 1 is 0.583 bits per heavy atom. The summed E-state index contributed by atoms with van der Waals surface area (Å²) < 4.78 is 35.2. The van der Waals surface area contributed by atoms with Crippen LogP contribution in [0, 0.1) is 0 Å². The summed E-state index contributed by atoms with van der Waals surface area (Å²) in [5.74, 6) is 0. The summed E-state index contributed by atoms with van der Waals surface area (Å²) in [4.78, 5) is 0. The molecule has 0 amide bonds. The molecule has 0 spiro atoms. The molecule has 0 fully saturated rings. The largest absolute Gasteiger partial charge is 0.458 e. The van der Waals surface area contributed by atoms with Crippen LogP contribution in [-0.4, -0.2) is 77.9 Å². The molecule has 0 atom stereocenters. The minimum atomic E-state index is -1.71. The topological polar surface area (TPSA) is 46.2 Å². The van der Waals surface area contributed by atoms with Crippen LogP contribution in [0.3, 0.4) is 0 Å². The summed E-state index contributed by atoms with van der Waals surface area (Å²) in [6, 6.07) is 0. The lowest BCUT2D eigenvalue weighted by atomic mass is 11.8. The highest BCUT2D eigenvalue weighted by Crippen LogP contribution is 2.11. The average molecular weight is 722 g/mol. The SMILES string of the molecule is CP=S.C[SiH](C)O[Si](C)(C)C.C[SiH](C)O[Si](C)(C)O[SiH](C)C.C[SiH](O[Si](C)(C)C)O[Si](C)(C)C.[2H]P=S. The Kier molecular flexibility index (Phi) is 32.0. The minimum absolute atomic E-state index is 0.250. The van der Waals surface area contributed by atoms with Crippen LogP contribution < -0.4 is 0 Å². The summed E-state index contributed by atoms with van der Waals surface area (Å²) in [5, 5.41) is 0. The number of rotatable bonds is 10. The standard InChI is InChI=1S/C7H22O2Si3.C6H20O2Si3.C5H16OSi2.CH3PS.HPS/c1-10(8-11(2,3)4)9-12(5,6)7;1-9(2)7-11(5,6)8-10(3)4;1-7(2)6-8(3,4)5;1-2-3;1-2/h10H,1-7H3;9-10H,1-6H3;7H,1-5H3;1H3;1H/i;;;;1D. The van der Waals surface area contributed by atoms with Gasteiger partial charge >= 0.3 is 8.56 Å². The Morgan fingerprint density at radius 2 is 0.778 bits per heavy atom. The fourth-order valence-electron chi connectivity index (χ4n) is 2.89. The molecule has 0 aromatic carbocycles. The first-order valence-electron chi connectivity index (χ1n) is 13.0. The van der Waals surface area contributed by atoms with Crippen molar-refractivity contribution in [2.24, 2.45) is 0 Å². The molecule has 0 unspecified atom stereocenters. The van der Waals surface area contributed by atoms with Crippen LogP contribution >= 0.6 is 15.3 Å². The molecule has 0 saturated heterocycles. The van der Waals surface area contributed by atoms with E-state index in [0.717, 1.165) is 7.36 Å². The van der Waals surface area contributed by atoms with Crippen molar-refractivity contribution in [3.63, 3.8) is 0 Å². The van der Waals surface area contributed by atoms with Crippen molar-refractivity contribution in [3.05, 3.63) is 0 Å². The predicted molar refractivity (Wildman–Crippen MR) is 198 cm³/mol. The lowest BCUT2D eigenvalue weighted by Crippen LogP contribution is -2.42. The zero-order chi connectivity index (χ0) is 31.3. The highest BCUT2D eigenvalue weighted by molar-refractivity contribution is 7.96. The number of hydrogen-bond acceptors (Lipinski definition) is 7. The van der Waals surface area contributed by atoms with E-state index in [9.17, 15) is 0 Å². The van der Waals surface area contributed by atoms with E-state index in [4.69, 9.17) is 21.9 Å². The lowest BCUT2D eigenvalue weighted by molar-refractivity contribution is 0.415.